The topological polar surface area (TPSA) is 17.4 Å². The minimum atomic E-state index is 0.617. The van der Waals surface area contributed by atoms with E-state index in [4.69, 9.17) is 4.74 Å². The third-order valence-electron chi connectivity index (χ3n) is 4.15. The predicted molar refractivity (Wildman–Crippen MR) is 74.2 cm³/mol. The second-order valence-electron chi connectivity index (χ2n) is 5.32. The lowest BCUT2D eigenvalue weighted by Gasteiger charge is -2.42. The third kappa shape index (κ3) is 1.70. The Morgan fingerprint density at radius 1 is 1.22 bits per heavy atom. The van der Waals surface area contributed by atoms with Gasteiger partial charge in [0.1, 0.15) is 5.75 Å². The highest BCUT2D eigenvalue weighted by molar-refractivity contribution is 5.81. The molecule has 18 heavy (non-hydrogen) atoms. The molecule has 1 aromatic heterocycles. The van der Waals surface area contributed by atoms with Gasteiger partial charge in [0, 0.05) is 29.2 Å². The highest BCUT2D eigenvalue weighted by Gasteiger charge is 2.34. The van der Waals surface area contributed by atoms with Gasteiger partial charge in [-0.15, -0.1) is 0 Å². The van der Waals surface area contributed by atoms with E-state index in [1.807, 2.05) is 6.07 Å². The molecule has 0 aliphatic heterocycles. The zero-order chi connectivity index (χ0) is 12.7. The molecule has 3 heteroatoms. The Morgan fingerprint density at radius 2 is 2.06 bits per heavy atom. The molecule has 3 nitrogen and oxygen atoms in total. The molecule has 0 bridgehead atoms. The monoisotopic (exact) mass is 244 g/mol. The summed E-state index contributed by atoms with van der Waals surface area (Å²) in [6.45, 7) is 0. The third-order valence-corrected chi connectivity index (χ3v) is 4.15. The highest BCUT2D eigenvalue weighted by Crippen LogP contribution is 2.38. The van der Waals surface area contributed by atoms with Crippen LogP contribution in [0.4, 0.5) is 0 Å². The van der Waals surface area contributed by atoms with E-state index >= 15 is 0 Å². The van der Waals surface area contributed by atoms with Gasteiger partial charge in [0.2, 0.25) is 0 Å². The van der Waals surface area contributed by atoms with Crippen molar-refractivity contribution in [2.24, 2.45) is 0 Å². The molecule has 2 atom stereocenters. The van der Waals surface area contributed by atoms with Gasteiger partial charge in [-0.05, 0) is 51.2 Å². The molecule has 1 saturated carbocycles. The predicted octanol–water partition coefficient (Wildman–Crippen LogP) is 2.92. The molecule has 1 aliphatic carbocycles. The fraction of sp³-hybridized carbons (Fsp3) is 0.467. The molecule has 1 aromatic carbocycles. The first-order chi connectivity index (χ1) is 8.70. The fourth-order valence-corrected chi connectivity index (χ4v) is 2.95. The van der Waals surface area contributed by atoms with Crippen LogP contribution < -0.4 is 4.74 Å². The van der Waals surface area contributed by atoms with E-state index in [0.29, 0.717) is 12.1 Å². The largest absolute Gasteiger partial charge is 0.497 e. The summed E-state index contributed by atoms with van der Waals surface area (Å²) < 4.78 is 7.69. The smallest absolute Gasteiger partial charge is 0.119 e. The van der Waals surface area contributed by atoms with Crippen LogP contribution in [0.3, 0.4) is 0 Å². The first-order valence-corrected chi connectivity index (χ1v) is 6.51. The summed E-state index contributed by atoms with van der Waals surface area (Å²) in [5, 5.41) is 1.26. The van der Waals surface area contributed by atoms with Gasteiger partial charge in [0.15, 0.2) is 0 Å². The Balaban J connectivity index is 1.98. The van der Waals surface area contributed by atoms with Crippen molar-refractivity contribution in [2.75, 3.05) is 21.2 Å². The first kappa shape index (κ1) is 11.6. The lowest BCUT2D eigenvalue weighted by molar-refractivity contribution is 0.116. The number of likely N-dealkylation sites (N-methyl/N-ethyl adjacent to an activating group) is 1. The standard InChI is InChI=1S/C15H20N2O/c1-16(2)14-6-7-15(14)17-9-8-11-10-12(18-3)4-5-13(11)17/h4-5,8-10,14-15H,6-7H2,1-3H3/t14-,15+/m1/s1. The Bertz CT molecular complexity index is 559. The van der Waals surface area contributed by atoms with Crippen LogP contribution in [0.1, 0.15) is 18.9 Å². The lowest BCUT2D eigenvalue weighted by atomic mass is 9.85. The minimum absolute atomic E-state index is 0.617. The summed E-state index contributed by atoms with van der Waals surface area (Å²) in [4.78, 5) is 2.34. The summed E-state index contributed by atoms with van der Waals surface area (Å²) in [5.41, 5.74) is 1.31. The van der Waals surface area contributed by atoms with E-state index in [-0.39, 0.29) is 0 Å². The van der Waals surface area contributed by atoms with Crippen molar-refractivity contribution >= 4 is 10.9 Å². The number of hydrogen-bond acceptors (Lipinski definition) is 2. The average molecular weight is 244 g/mol. The van der Waals surface area contributed by atoms with Gasteiger partial charge in [-0.25, -0.2) is 0 Å². The van der Waals surface area contributed by atoms with E-state index < -0.39 is 0 Å². The van der Waals surface area contributed by atoms with Crippen LogP contribution in [0.15, 0.2) is 30.5 Å². The van der Waals surface area contributed by atoms with E-state index in [2.05, 4.69) is 48.0 Å². The molecule has 1 aliphatic rings. The van der Waals surface area contributed by atoms with Gasteiger partial charge in [-0.1, -0.05) is 0 Å². The maximum atomic E-state index is 5.27. The van der Waals surface area contributed by atoms with E-state index in [9.17, 15) is 0 Å². The van der Waals surface area contributed by atoms with Gasteiger partial charge in [-0.2, -0.15) is 0 Å². The fourth-order valence-electron chi connectivity index (χ4n) is 2.95. The molecular weight excluding hydrogens is 224 g/mol. The number of aromatic nitrogens is 1. The van der Waals surface area contributed by atoms with E-state index in [1.54, 1.807) is 7.11 Å². The van der Waals surface area contributed by atoms with Crippen molar-refractivity contribution in [1.82, 2.24) is 9.47 Å². The molecule has 0 unspecified atom stereocenters. The quantitative estimate of drug-likeness (QED) is 0.826. The normalized spacial score (nSPS) is 23.3. The molecule has 1 fully saturated rings. The number of rotatable bonds is 3. The summed E-state index contributed by atoms with van der Waals surface area (Å²) in [6, 6.07) is 9.79. The minimum Gasteiger partial charge on any atom is -0.497 e. The van der Waals surface area contributed by atoms with Crippen LogP contribution >= 0.6 is 0 Å². The van der Waals surface area contributed by atoms with Crippen LogP contribution in [0.5, 0.6) is 5.75 Å². The summed E-state index contributed by atoms with van der Waals surface area (Å²) >= 11 is 0. The number of fused-ring (bicyclic) bond motifs is 1. The molecule has 2 aromatic rings. The molecule has 0 spiro atoms. The zero-order valence-electron chi connectivity index (χ0n) is 11.3. The van der Waals surface area contributed by atoms with Crippen molar-refractivity contribution < 1.29 is 4.74 Å². The lowest BCUT2D eigenvalue weighted by Crippen LogP contribution is -2.43. The number of nitrogens with zero attached hydrogens (tertiary/aromatic N) is 2. The van der Waals surface area contributed by atoms with Crippen molar-refractivity contribution in [3.8, 4) is 5.75 Å². The zero-order valence-corrected chi connectivity index (χ0v) is 11.3. The van der Waals surface area contributed by atoms with Gasteiger partial charge in [0.25, 0.3) is 0 Å². The molecule has 3 rings (SSSR count). The van der Waals surface area contributed by atoms with Crippen molar-refractivity contribution in [1.29, 1.82) is 0 Å². The Morgan fingerprint density at radius 3 is 2.67 bits per heavy atom. The Labute approximate surface area is 108 Å². The van der Waals surface area contributed by atoms with Crippen molar-refractivity contribution in [3.63, 3.8) is 0 Å². The summed E-state index contributed by atoms with van der Waals surface area (Å²) in [5.74, 6) is 0.929. The molecule has 1 heterocycles. The second kappa shape index (κ2) is 4.32. The summed E-state index contributed by atoms with van der Waals surface area (Å²) in [6.07, 6.45) is 4.79. The molecule has 0 saturated heterocycles. The Hall–Kier alpha value is -1.48. The van der Waals surface area contributed by atoms with Crippen molar-refractivity contribution in [3.05, 3.63) is 30.5 Å². The summed E-state index contributed by atoms with van der Waals surface area (Å²) in [7, 11) is 6.06. The van der Waals surface area contributed by atoms with Crippen LogP contribution in [-0.2, 0) is 0 Å². The molecular formula is C15H20N2O. The highest BCUT2D eigenvalue weighted by atomic mass is 16.5. The number of benzene rings is 1. The molecule has 0 N–H and O–H groups in total. The number of ether oxygens (including phenoxy) is 1. The number of methoxy groups -OCH3 is 1. The second-order valence-corrected chi connectivity index (χ2v) is 5.32. The van der Waals surface area contributed by atoms with E-state index in [1.165, 1.54) is 23.7 Å². The van der Waals surface area contributed by atoms with Crippen LogP contribution in [0, 0.1) is 0 Å². The van der Waals surface area contributed by atoms with Crippen molar-refractivity contribution in [2.45, 2.75) is 24.9 Å². The average Bonchev–Trinajstić information content (AvgIpc) is 2.70. The van der Waals surface area contributed by atoms with Gasteiger partial charge in [-0.3, -0.25) is 0 Å². The van der Waals surface area contributed by atoms with Gasteiger partial charge >= 0.3 is 0 Å². The maximum Gasteiger partial charge on any atom is 0.119 e. The van der Waals surface area contributed by atoms with E-state index in [0.717, 1.165) is 5.75 Å². The first-order valence-electron chi connectivity index (χ1n) is 6.51. The van der Waals surface area contributed by atoms with Crippen LogP contribution in [0.2, 0.25) is 0 Å². The molecule has 0 radical (unpaired) electrons. The molecule has 96 valence electrons. The van der Waals surface area contributed by atoms with Gasteiger partial charge in [0.05, 0.1) is 7.11 Å². The Kier molecular flexibility index (Phi) is 2.78. The van der Waals surface area contributed by atoms with Crippen LogP contribution in [0.25, 0.3) is 10.9 Å². The molecule has 0 amide bonds. The maximum absolute atomic E-state index is 5.27. The van der Waals surface area contributed by atoms with Crippen LogP contribution in [-0.4, -0.2) is 36.7 Å². The SMILES string of the molecule is COc1ccc2c(ccn2[C@H]2CC[C@H]2N(C)C)c1. The van der Waals surface area contributed by atoms with Gasteiger partial charge < -0.3 is 14.2 Å². The number of hydrogen-bond donors (Lipinski definition) is 0.